The third kappa shape index (κ3) is 5.48. The lowest BCUT2D eigenvalue weighted by Crippen LogP contribution is -2.44. The van der Waals surface area contributed by atoms with Crippen molar-refractivity contribution in [2.24, 2.45) is 4.99 Å². The SMILES string of the molecule is CN=C(NCc1nnc2n1CCCC2)NC1CC(C)N(Cc2ccccc2)C1.I. The number of hydrogen-bond donors (Lipinski definition) is 2. The molecule has 1 aromatic carbocycles. The quantitative estimate of drug-likeness (QED) is 0.369. The van der Waals surface area contributed by atoms with Crippen LogP contribution in [-0.2, 0) is 26.1 Å². The number of guanidine groups is 1. The molecule has 2 aromatic rings. The van der Waals surface area contributed by atoms with Gasteiger partial charge in [-0.2, -0.15) is 0 Å². The standard InChI is InChI=1S/C21H31N7.HI/c1-16-12-18(15-27(16)14-17-8-4-3-5-9-17)24-21(22-2)23-13-20-26-25-19-10-6-7-11-28(19)20;/h3-5,8-9,16,18H,6-7,10-15H2,1-2H3,(H2,22,23,24);1H. The Kier molecular flexibility index (Phi) is 7.88. The second-order valence-electron chi connectivity index (χ2n) is 7.91. The Morgan fingerprint density at radius 2 is 2.03 bits per heavy atom. The number of rotatable bonds is 5. The molecule has 1 aromatic heterocycles. The van der Waals surface area contributed by atoms with E-state index < -0.39 is 0 Å². The molecule has 2 atom stereocenters. The van der Waals surface area contributed by atoms with Crippen LogP contribution in [0.3, 0.4) is 0 Å². The van der Waals surface area contributed by atoms with Gasteiger partial charge in [-0.3, -0.25) is 9.89 Å². The maximum atomic E-state index is 4.42. The summed E-state index contributed by atoms with van der Waals surface area (Å²) in [7, 11) is 1.83. The molecule has 2 aliphatic heterocycles. The van der Waals surface area contributed by atoms with Crippen LogP contribution in [0.1, 0.15) is 43.4 Å². The highest BCUT2D eigenvalue weighted by Gasteiger charge is 2.29. The van der Waals surface area contributed by atoms with Crippen molar-refractivity contribution >= 4 is 29.9 Å². The summed E-state index contributed by atoms with van der Waals surface area (Å²) in [6.07, 6.45) is 4.58. The van der Waals surface area contributed by atoms with Crippen molar-refractivity contribution in [1.82, 2.24) is 30.3 Å². The molecule has 0 radical (unpaired) electrons. The second kappa shape index (κ2) is 10.4. The van der Waals surface area contributed by atoms with Crippen LogP contribution in [0.2, 0.25) is 0 Å². The highest BCUT2D eigenvalue weighted by molar-refractivity contribution is 14.0. The molecule has 158 valence electrons. The molecule has 3 heterocycles. The zero-order valence-electron chi connectivity index (χ0n) is 17.3. The minimum absolute atomic E-state index is 0. The number of hydrogen-bond acceptors (Lipinski definition) is 4. The highest BCUT2D eigenvalue weighted by Crippen LogP contribution is 2.20. The summed E-state index contributed by atoms with van der Waals surface area (Å²) in [4.78, 5) is 6.95. The average Bonchev–Trinajstić information content (AvgIpc) is 3.29. The number of benzene rings is 1. The maximum Gasteiger partial charge on any atom is 0.191 e. The Morgan fingerprint density at radius 1 is 1.21 bits per heavy atom. The first-order valence-corrected chi connectivity index (χ1v) is 10.4. The fourth-order valence-electron chi connectivity index (χ4n) is 4.29. The van der Waals surface area contributed by atoms with E-state index in [1.54, 1.807) is 0 Å². The monoisotopic (exact) mass is 509 g/mol. The fourth-order valence-corrected chi connectivity index (χ4v) is 4.29. The number of aryl methyl sites for hydroxylation is 1. The molecule has 4 rings (SSSR count). The van der Waals surface area contributed by atoms with E-state index in [0.717, 1.165) is 50.1 Å². The molecule has 7 nitrogen and oxygen atoms in total. The molecule has 2 unspecified atom stereocenters. The van der Waals surface area contributed by atoms with E-state index in [4.69, 9.17) is 0 Å². The molecule has 0 bridgehead atoms. The Labute approximate surface area is 190 Å². The molecule has 1 saturated heterocycles. The summed E-state index contributed by atoms with van der Waals surface area (Å²) in [6, 6.07) is 11.7. The van der Waals surface area contributed by atoms with Crippen molar-refractivity contribution in [3.05, 3.63) is 47.5 Å². The van der Waals surface area contributed by atoms with Gasteiger partial charge in [-0.1, -0.05) is 30.3 Å². The summed E-state index contributed by atoms with van der Waals surface area (Å²) in [5.41, 5.74) is 1.37. The first-order chi connectivity index (χ1) is 13.7. The molecule has 0 aliphatic carbocycles. The van der Waals surface area contributed by atoms with Crippen molar-refractivity contribution in [1.29, 1.82) is 0 Å². The van der Waals surface area contributed by atoms with E-state index in [1.165, 1.54) is 18.4 Å². The number of halogens is 1. The van der Waals surface area contributed by atoms with Crippen LogP contribution < -0.4 is 10.6 Å². The summed E-state index contributed by atoms with van der Waals surface area (Å²) in [5.74, 6) is 2.96. The van der Waals surface area contributed by atoms with Gasteiger partial charge in [0.05, 0.1) is 6.54 Å². The van der Waals surface area contributed by atoms with Gasteiger partial charge in [-0.15, -0.1) is 34.2 Å². The van der Waals surface area contributed by atoms with Crippen LogP contribution in [-0.4, -0.2) is 51.3 Å². The van der Waals surface area contributed by atoms with Crippen molar-refractivity contribution in [2.75, 3.05) is 13.6 Å². The molecule has 29 heavy (non-hydrogen) atoms. The van der Waals surface area contributed by atoms with Crippen LogP contribution in [0.25, 0.3) is 0 Å². The van der Waals surface area contributed by atoms with Crippen LogP contribution in [0.15, 0.2) is 35.3 Å². The largest absolute Gasteiger partial charge is 0.352 e. The van der Waals surface area contributed by atoms with Crippen LogP contribution in [0, 0.1) is 0 Å². The molecule has 2 aliphatic rings. The summed E-state index contributed by atoms with van der Waals surface area (Å²) in [6.45, 7) is 6.02. The molecule has 0 amide bonds. The zero-order chi connectivity index (χ0) is 19.3. The average molecular weight is 509 g/mol. The molecule has 0 spiro atoms. The topological polar surface area (TPSA) is 70.4 Å². The van der Waals surface area contributed by atoms with E-state index in [2.05, 4.69) is 72.5 Å². The fraction of sp³-hybridized carbons (Fsp3) is 0.571. The summed E-state index contributed by atoms with van der Waals surface area (Å²) < 4.78 is 2.25. The summed E-state index contributed by atoms with van der Waals surface area (Å²) >= 11 is 0. The van der Waals surface area contributed by atoms with Crippen molar-refractivity contribution < 1.29 is 0 Å². The van der Waals surface area contributed by atoms with E-state index in [-0.39, 0.29) is 24.0 Å². The minimum atomic E-state index is 0. The maximum absolute atomic E-state index is 4.42. The number of aromatic nitrogens is 3. The van der Waals surface area contributed by atoms with Crippen LogP contribution in [0.4, 0.5) is 0 Å². The van der Waals surface area contributed by atoms with Gasteiger partial charge in [0.1, 0.15) is 5.82 Å². The molecule has 1 fully saturated rings. The lowest BCUT2D eigenvalue weighted by atomic mass is 10.2. The lowest BCUT2D eigenvalue weighted by Gasteiger charge is -2.21. The first-order valence-electron chi connectivity index (χ1n) is 10.4. The molecular weight excluding hydrogens is 477 g/mol. The van der Waals surface area contributed by atoms with Gasteiger partial charge in [0.15, 0.2) is 11.8 Å². The third-order valence-electron chi connectivity index (χ3n) is 5.85. The number of nitrogens with zero attached hydrogens (tertiary/aromatic N) is 5. The van der Waals surface area contributed by atoms with Gasteiger partial charge in [-0.25, -0.2) is 0 Å². The molecule has 2 N–H and O–H groups in total. The summed E-state index contributed by atoms with van der Waals surface area (Å²) in [5, 5.41) is 15.7. The minimum Gasteiger partial charge on any atom is -0.352 e. The van der Waals surface area contributed by atoms with E-state index >= 15 is 0 Å². The van der Waals surface area contributed by atoms with Crippen molar-refractivity contribution in [3.63, 3.8) is 0 Å². The molecular formula is C21H32IN7. The Balaban J connectivity index is 0.00000240. The van der Waals surface area contributed by atoms with Gasteiger partial charge >= 0.3 is 0 Å². The van der Waals surface area contributed by atoms with Gasteiger partial charge in [0, 0.05) is 45.2 Å². The number of aliphatic imine (C=N–C) groups is 1. The van der Waals surface area contributed by atoms with Gasteiger partial charge in [-0.05, 0) is 31.7 Å². The zero-order valence-corrected chi connectivity index (χ0v) is 19.7. The van der Waals surface area contributed by atoms with Crippen LogP contribution in [0.5, 0.6) is 0 Å². The van der Waals surface area contributed by atoms with E-state index in [9.17, 15) is 0 Å². The predicted molar refractivity (Wildman–Crippen MR) is 126 cm³/mol. The van der Waals surface area contributed by atoms with Crippen LogP contribution >= 0.6 is 24.0 Å². The number of nitrogens with one attached hydrogen (secondary N) is 2. The third-order valence-corrected chi connectivity index (χ3v) is 5.85. The Bertz CT molecular complexity index is 805. The molecule has 8 heteroatoms. The van der Waals surface area contributed by atoms with E-state index in [0.29, 0.717) is 18.6 Å². The predicted octanol–water partition coefficient (Wildman–Crippen LogP) is 2.56. The second-order valence-corrected chi connectivity index (χ2v) is 7.91. The number of fused-ring (bicyclic) bond motifs is 1. The lowest BCUT2D eigenvalue weighted by molar-refractivity contribution is 0.258. The Morgan fingerprint density at radius 3 is 2.83 bits per heavy atom. The van der Waals surface area contributed by atoms with Crippen molar-refractivity contribution in [2.45, 2.75) is 64.3 Å². The van der Waals surface area contributed by atoms with E-state index in [1.807, 2.05) is 7.05 Å². The smallest absolute Gasteiger partial charge is 0.191 e. The number of likely N-dealkylation sites (tertiary alicyclic amines) is 1. The van der Waals surface area contributed by atoms with Gasteiger partial charge in [0.2, 0.25) is 0 Å². The first kappa shape index (κ1) is 22.0. The van der Waals surface area contributed by atoms with Gasteiger partial charge in [0.25, 0.3) is 0 Å². The highest BCUT2D eigenvalue weighted by atomic mass is 127. The van der Waals surface area contributed by atoms with Gasteiger partial charge < -0.3 is 15.2 Å². The Hall–Kier alpha value is -1.68. The van der Waals surface area contributed by atoms with Crippen molar-refractivity contribution in [3.8, 4) is 0 Å². The normalized spacial score (nSPS) is 22.1. The molecule has 0 saturated carbocycles.